The molecule has 0 fully saturated rings. The van der Waals surface area contributed by atoms with Crippen molar-refractivity contribution in [3.8, 4) is 17.2 Å². The summed E-state index contributed by atoms with van der Waals surface area (Å²) in [6.07, 6.45) is 1.75. The van der Waals surface area contributed by atoms with Gasteiger partial charge in [0.15, 0.2) is 11.5 Å². The summed E-state index contributed by atoms with van der Waals surface area (Å²) < 4.78 is 15.9. The van der Waals surface area contributed by atoms with E-state index >= 15 is 0 Å². The number of nitrogens with zero attached hydrogens (tertiary/aromatic N) is 1. The van der Waals surface area contributed by atoms with E-state index in [1.807, 2.05) is 37.3 Å². The van der Waals surface area contributed by atoms with E-state index in [1.165, 1.54) is 0 Å². The van der Waals surface area contributed by atoms with Gasteiger partial charge in [0.05, 0.1) is 33.5 Å². The number of carbonyl (C=O) groups is 1. The van der Waals surface area contributed by atoms with E-state index in [0.29, 0.717) is 18.1 Å². The number of rotatable bonds is 8. The van der Waals surface area contributed by atoms with Crippen LogP contribution in [0.15, 0.2) is 47.6 Å². The normalized spacial score (nSPS) is 10.5. The minimum Gasteiger partial charge on any atom is -0.493 e. The molecule has 0 saturated heterocycles. The first-order chi connectivity index (χ1) is 12.2. The van der Waals surface area contributed by atoms with Crippen LogP contribution in [-0.2, 0) is 11.2 Å². The maximum Gasteiger partial charge on any atom is 0.244 e. The zero-order valence-corrected chi connectivity index (χ0v) is 14.6. The van der Waals surface area contributed by atoms with Crippen LogP contribution in [0.4, 0.5) is 0 Å². The van der Waals surface area contributed by atoms with Gasteiger partial charge in [-0.3, -0.25) is 4.79 Å². The molecule has 132 valence electrons. The lowest BCUT2D eigenvalue weighted by atomic mass is 10.1. The highest BCUT2D eigenvalue weighted by Gasteiger charge is 2.08. The van der Waals surface area contributed by atoms with Gasteiger partial charge in [-0.25, -0.2) is 5.43 Å². The van der Waals surface area contributed by atoms with Gasteiger partial charge in [-0.05, 0) is 36.8 Å². The van der Waals surface area contributed by atoms with Crippen molar-refractivity contribution in [1.29, 1.82) is 0 Å². The molecule has 0 saturated carbocycles. The third-order valence-corrected chi connectivity index (χ3v) is 3.42. The van der Waals surface area contributed by atoms with E-state index < -0.39 is 0 Å². The van der Waals surface area contributed by atoms with Crippen LogP contribution in [0.2, 0.25) is 0 Å². The number of hydrazone groups is 1. The summed E-state index contributed by atoms with van der Waals surface area (Å²) in [7, 11) is 3.13. The Morgan fingerprint density at radius 1 is 1.08 bits per heavy atom. The topological polar surface area (TPSA) is 69.2 Å². The fourth-order valence-corrected chi connectivity index (χ4v) is 2.26. The number of para-hydroxylation sites is 1. The average Bonchev–Trinajstić information content (AvgIpc) is 2.63. The molecule has 0 heterocycles. The van der Waals surface area contributed by atoms with Crippen molar-refractivity contribution in [1.82, 2.24) is 5.43 Å². The lowest BCUT2D eigenvalue weighted by Gasteiger charge is -2.09. The van der Waals surface area contributed by atoms with Gasteiger partial charge in [-0.1, -0.05) is 18.2 Å². The maximum atomic E-state index is 12.0. The van der Waals surface area contributed by atoms with Crippen LogP contribution < -0.4 is 19.6 Å². The molecule has 6 nitrogen and oxygen atoms in total. The molecular formula is C19H22N2O4. The first-order valence-electron chi connectivity index (χ1n) is 7.92. The highest BCUT2D eigenvalue weighted by Crippen LogP contribution is 2.27. The summed E-state index contributed by atoms with van der Waals surface area (Å²) in [5, 5.41) is 4.00. The molecule has 25 heavy (non-hydrogen) atoms. The van der Waals surface area contributed by atoms with E-state index in [2.05, 4.69) is 10.5 Å². The zero-order valence-electron chi connectivity index (χ0n) is 14.6. The lowest BCUT2D eigenvalue weighted by molar-refractivity contribution is -0.120. The van der Waals surface area contributed by atoms with Crippen LogP contribution in [0.5, 0.6) is 17.2 Å². The largest absolute Gasteiger partial charge is 0.493 e. The van der Waals surface area contributed by atoms with Crippen molar-refractivity contribution in [2.45, 2.75) is 13.3 Å². The number of hydrogen-bond donors (Lipinski definition) is 1. The molecule has 1 amide bonds. The van der Waals surface area contributed by atoms with Gasteiger partial charge in [0.25, 0.3) is 0 Å². The van der Waals surface area contributed by atoms with Crippen molar-refractivity contribution < 1.29 is 19.0 Å². The molecule has 0 aliphatic carbocycles. The number of hydrogen-bond acceptors (Lipinski definition) is 5. The summed E-state index contributed by atoms with van der Waals surface area (Å²) in [5.41, 5.74) is 4.13. The Balaban J connectivity index is 1.97. The Hall–Kier alpha value is -3.02. The van der Waals surface area contributed by atoms with Crippen LogP contribution in [0.1, 0.15) is 18.1 Å². The van der Waals surface area contributed by atoms with Crippen LogP contribution in [0, 0.1) is 0 Å². The minimum absolute atomic E-state index is 0.185. The standard InChI is InChI=1S/C19H22N2O4/c1-4-25-16-8-6-5-7-15(16)13-20-21-19(22)12-14-9-10-17(23-2)18(11-14)24-3/h5-11,13H,4,12H2,1-3H3,(H,21,22)/b20-13-. The highest BCUT2D eigenvalue weighted by molar-refractivity contribution is 5.85. The molecule has 0 aliphatic heterocycles. The summed E-state index contributed by atoms with van der Waals surface area (Å²) in [6.45, 7) is 2.48. The van der Waals surface area contributed by atoms with E-state index in [4.69, 9.17) is 14.2 Å². The Kier molecular flexibility index (Phi) is 6.83. The number of nitrogens with one attached hydrogen (secondary N) is 1. The Labute approximate surface area is 147 Å². The second-order valence-electron chi connectivity index (χ2n) is 5.13. The van der Waals surface area contributed by atoms with Gasteiger partial charge in [-0.2, -0.15) is 5.10 Å². The molecule has 0 unspecified atom stereocenters. The predicted octanol–water partition coefficient (Wildman–Crippen LogP) is 2.80. The monoisotopic (exact) mass is 342 g/mol. The third kappa shape index (κ3) is 5.24. The van der Waals surface area contributed by atoms with Gasteiger partial charge >= 0.3 is 0 Å². The molecule has 0 radical (unpaired) electrons. The van der Waals surface area contributed by atoms with Gasteiger partial charge in [0.2, 0.25) is 5.91 Å². The molecule has 6 heteroatoms. The predicted molar refractivity (Wildman–Crippen MR) is 96.6 cm³/mol. The van der Waals surface area contributed by atoms with Crippen molar-refractivity contribution in [3.05, 3.63) is 53.6 Å². The Bertz CT molecular complexity index is 744. The smallest absolute Gasteiger partial charge is 0.244 e. The molecule has 0 spiro atoms. The molecule has 0 atom stereocenters. The number of carbonyl (C=O) groups excluding carboxylic acids is 1. The van der Waals surface area contributed by atoms with Crippen LogP contribution in [0.3, 0.4) is 0 Å². The van der Waals surface area contributed by atoms with Crippen LogP contribution in [-0.4, -0.2) is 32.9 Å². The summed E-state index contributed by atoms with van der Waals surface area (Å²) in [6, 6.07) is 12.9. The number of benzene rings is 2. The highest BCUT2D eigenvalue weighted by atomic mass is 16.5. The maximum absolute atomic E-state index is 12.0. The Morgan fingerprint density at radius 3 is 2.56 bits per heavy atom. The third-order valence-electron chi connectivity index (χ3n) is 3.42. The molecule has 2 aromatic carbocycles. The summed E-state index contributed by atoms with van der Waals surface area (Å²) >= 11 is 0. The fourth-order valence-electron chi connectivity index (χ4n) is 2.26. The van der Waals surface area contributed by atoms with Crippen LogP contribution in [0.25, 0.3) is 0 Å². The molecule has 2 rings (SSSR count). The molecule has 0 aromatic heterocycles. The van der Waals surface area contributed by atoms with Gasteiger partial charge in [0, 0.05) is 5.56 Å². The van der Waals surface area contributed by atoms with Gasteiger partial charge in [-0.15, -0.1) is 0 Å². The lowest BCUT2D eigenvalue weighted by Crippen LogP contribution is -2.19. The first-order valence-corrected chi connectivity index (χ1v) is 7.92. The molecule has 0 aliphatic rings. The number of methoxy groups -OCH3 is 2. The zero-order chi connectivity index (χ0) is 18.1. The van der Waals surface area contributed by atoms with Crippen molar-refractivity contribution in [2.24, 2.45) is 5.10 Å². The second kappa shape index (κ2) is 9.32. The van der Waals surface area contributed by atoms with E-state index in [1.54, 1.807) is 32.6 Å². The molecule has 1 N–H and O–H groups in total. The summed E-state index contributed by atoms with van der Waals surface area (Å²) in [5.74, 6) is 1.71. The first kappa shape index (κ1) is 18.3. The van der Waals surface area contributed by atoms with Crippen molar-refractivity contribution >= 4 is 12.1 Å². The Morgan fingerprint density at radius 2 is 1.84 bits per heavy atom. The number of ether oxygens (including phenoxy) is 3. The fraction of sp³-hybridized carbons (Fsp3) is 0.263. The van der Waals surface area contributed by atoms with Gasteiger partial charge < -0.3 is 14.2 Å². The molecule has 0 bridgehead atoms. The molecule has 2 aromatic rings. The summed E-state index contributed by atoms with van der Waals surface area (Å²) in [4.78, 5) is 12.0. The quantitative estimate of drug-likeness (QED) is 0.592. The average molecular weight is 342 g/mol. The SMILES string of the molecule is CCOc1ccccc1/C=N\NC(=O)Cc1ccc(OC)c(OC)c1. The van der Waals surface area contributed by atoms with Gasteiger partial charge in [0.1, 0.15) is 5.75 Å². The van der Waals surface area contributed by atoms with Crippen molar-refractivity contribution in [3.63, 3.8) is 0 Å². The van der Waals surface area contributed by atoms with E-state index in [0.717, 1.165) is 16.9 Å². The van der Waals surface area contributed by atoms with E-state index in [-0.39, 0.29) is 12.3 Å². The minimum atomic E-state index is -0.225. The van der Waals surface area contributed by atoms with Crippen molar-refractivity contribution in [2.75, 3.05) is 20.8 Å². The van der Waals surface area contributed by atoms with Crippen LogP contribution >= 0.6 is 0 Å². The number of amides is 1. The molecular weight excluding hydrogens is 320 g/mol. The second-order valence-corrected chi connectivity index (χ2v) is 5.13. The van der Waals surface area contributed by atoms with E-state index in [9.17, 15) is 4.79 Å².